The smallest absolute Gasteiger partial charge is 0.545 e. The molecule has 0 saturated carbocycles. The predicted molar refractivity (Wildman–Crippen MR) is 78.2 cm³/mol. The molecular formula is C15H14ClF3NNaO3. The van der Waals surface area contributed by atoms with Crippen molar-refractivity contribution in [2.24, 2.45) is 5.92 Å². The average Bonchev–Trinajstić information content (AvgIpc) is 2.42. The van der Waals surface area contributed by atoms with Gasteiger partial charge in [0.05, 0.1) is 16.7 Å². The van der Waals surface area contributed by atoms with Crippen LogP contribution in [-0.2, 0) is 4.79 Å². The fraction of sp³-hybridized carbons (Fsp3) is 0.400. The van der Waals surface area contributed by atoms with E-state index in [0.29, 0.717) is 18.2 Å². The van der Waals surface area contributed by atoms with E-state index in [1.165, 1.54) is 12.1 Å². The van der Waals surface area contributed by atoms with Gasteiger partial charge in [0.25, 0.3) is 0 Å². The molecule has 1 N–H and O–H groups in total. The molecule has 0 spiro atoms. The first-order chi connectivity index (χ1) is 10.6. The van der Waals surface area contributed by atoms with Crippen molar-refractivity contribution >= 4 is 29.3 Å². The molecule has 0 fully saturated rings. The zero-order chi connectivity index (χ0) is 17.4. The molecule has 1 heterocycles. The summed E-state index contributed by atoms with van der Waals surface area (Å²) in [6, 6.07) is 2.69. The van der Waals surface area contributed by atoms with E-state index in [1.807, 2.05) is 13.8 Å². The van der Waals surface area contributed by atoms with Gasteiger partial charge in [0.2, 0.25) is 6.10 Å². The molecule has 4 nitrogen and oxygen atoms in total. The number of rotatable bonds is 4. The first-order valence-electron chi connectivity index (χ1n) is 6.83. The Morgan fingerprint density at radius 3 is 2.54 bits per heavy atom. The Hall–Kier alpha value is -0.890. The van der Waals surface area contributed by atoms with E-state index >= 15 is 0 Å². The molecule has 0 saturated heterocycles. The Morgan fingerprint density at radius 1 is 1.42 bits per heavy atom. The topological polar surface area (TPSA) is 61.4 Å². The second kappa shape index (κ2) is 7.99. The number of alkyl halides is 3. The van der Waals surface area contributed by atoms with Gasteiger partial charge in [-0.15, -0.1) is 0 Å². The van der Waals surface area contributed by atoms with Crippen LogP contribution in [-0.4, -0.2) is 24.8 Å². The number of carboxylic acid groups (broad SMARTS) is 1. The fourth-order valence-corrected chi connectivity index (χ4v) is 2.31. The maximum atomic E-state index is 13.0. The fourth-order valence-electron chi connectivity index (χ4n) is 2.08. The van der Waals surface area contributed by atoms with Gasteiger partial charge in [-0.05, 0) is 18.1 Å². The van der Waals surface area contributed by atoms with Gasteiger partial charge in [0.15, 0.2) is 0 Å². The van der Waals surface area contributed by atoms with E-state index < -0.39 is 23.8 Å². The van der Waals surface area contributed by atoms with E-state index in [2.05, 4.69) is 5.32 Å². The van der Waals surface area contributed by atoms with Gasteiger partial charge in [-0.1, -0.05) is 25.4 Å². The van der Waals surface area contributed by atoms with Crippen LogP contribution in [0.25, 0.3) is 6.08 Å². The van der Waals surface area contributed by atoms with Crippen LogP contribution in [0.3, 0.4) is 0 Å². The van der Waals surface area contributed by atoms with Crippen molar-refractivity contribution in [1.82, 2.24) is 0 Å². The van der Waals surface area contributed by atoms with E-state index in [0.717, 1.165) is 6.08 Å². The van der Waals surface area contributed by atoms with E-state index in [9.17, 15) is 23.1 Å². The number of carboxylic acids is 1. The normalized spacial score (nSPS) is 16.6. The molecule has 0 bridgehead atoms. The zero-order valence-corrected chi connectivity index (χ0v) is 16.1. The summed E-state index contributed by atoms with van der Waals surface area (Å²) in [6.07, 6.45) is -6.56. The number of hydrogen-bond acceptors (Lipinski definition) is 4. The number of aliphatic carboxylic acids is 1. The summed E-state index contributed by atoms with van der Waals surface area (Å²) in [5, 5.41) is 14.2. The molecule has 24 heavy (non-hydrogen) atoms. The summed E-state index contributed by atoms with van der Waals surface area (Å²) in [6.45, 7) is 4.50. The maximum absolute atomic E-state index is 13.0. The number of carbonyl (C=O) groups excluding carboxylic acids is 1. The minimum Gasteiger partial charge on any atom is -0.545 e. The minimum absolute atomic E-state index is 0. The Kier molecular flexibility index (Phi) is 7.04. The first kappa shape index (κ1) is 21.2. The van der Waals surface area contributed by atoms with Crippen LogP contribution in [0, 0.1) is 5.92 Å². The summed E-state index contributed by atoms with van der Waals surface area (Å²) in [5.41, 5.74) is -0.404. The third-order valence-corrected chi connectivity index (χ3v) is 3.48. The van der Waals surface area contributed by atoms with Crippen LogP contribution < -0.4 is 44.7 Å². The maximum Gasteiger partial charge on any atom is 1.00 e. The van der Waals surface area contributed by atoms with E-state index in [1.54, 1.807) is 0 Å². The Balaban J connectivity index is 0.00000288. The van der Waals surface area contributed by atoms with Crippen molar-refractivity contribution in [2.45, 2.75) is 26.1 Å². The molecule has 1 unspecified atom stereocenters. The molecule has 1 aliphatic rings. The molecule has 0 aromatic heterocycles. The molecule has 1 aromatic carbocycles. The zero-order valence-electron chi connectivity index (χ0n) is 13.3. The number of hydrogen-bond donors (Lipinski definition) is 1. The number of benzene rings is 1. The molecule has 1 atom stereocenters. The van der Waals surface area contributed by atoms with Gasteiger partial charge in [-0.2, -0.15) is 13.2 Å². The average molecular weight is 372 g/mol. The van der Waals surface area contributed by atoms with Gasteiger partial charge in [-0.3, -0.25) is 0 Å². The van der Waals surface area contributed by atoms with Crippen molar-refractivity contribution in [2.75, 3.05) is 11.9 Å². The van der Waals surface area contributed by atoms with Gasteiger partial charge >= 0.3 is 35.7 Å². The van der Waals surface area contributed by atoms with Gasteiger partial charge in [0.1, 0.15) is 5.75 Å². The number of nitrogens with one attached hydrogen (secondary N) is 1. The predicted octanol–water partition coefficient (Wildman–Crippen LogP) is -0.131. The van der Waals surface area contributed by atoms with Crippen molar-refractivity contribution in [3.63, 3.8) is 0 Å². The largest absolute Gasteiger partial charge is 1.00 e. The van der Waals surface area contributed by atoms with Crippen LogP contribution in [0.1, 0.15) is 19.4 Å². The molecule has 1 aliphatic heterocycles. The number of halogens is 4. The number of carbonyl (C=O) groups is 1. The number of anilines is 1. The molecule has 0 aliphatic carbocycles. The minimum atomic E-state index is -4.87. The second-order valence-corrected chi connectivity index (χ2v) is 5.98. The standard InChI is InChI=1S/C15H15ClF3NO3.Na/c1-7(2)6-20-11-5-12-8(4-10(11)16)3-9(14(21)22)13(23-12)15(17,18)19;/h3-5,7,13,20H,6H2,1-2H3,(H,21,22);/q;+1/p-1. The van der Waals surface area contributed by atoms with E-state index in [4.69, 9.17) is 16.3 Å². The Bertz CT molecular complexity index is 662. The summed E-state index contributed by atoms with van der Waals surface area (Å²) >= 11 is 6.07. The number of ether oxygens (including phenoxy) is 1. The second-order valence-electron chi connectivity index (χ2n) is 5.57. The van der Waals surface area contributed by atoms with Crippen LogP contribution >= 0.6 is 11.6 Å². The van der Waals surface area contributed by atoms with Gasteiger partial charge < -0.3 is 20.0 Å². The van der Waals surface area contributed by atoms with Crippen LogP contribution in [0.2, 0.25) is 5.02 Å². The summed E-state index contributed by atoms with van der Waals surface area (Å²) in [7, 11) is 0. The third kappa shape index (κ3) is 4.81. The van der Waals surface area contributed by atoms with Gasteiger partial charge in [-0.25, -0.2) is 0 Å². The van der Waals surface area contributed by atoms with Crippen molar-refractivity contribution in [1.29, 1.82) is 0 Å². The first-order valence-corrected chi connectivity index (χ1v) is 7.21. The van der Waals surface area contributed by atoms with Crippen molar-refractivity contribution in [3.8, 4) is 5.75 Å². The monoisotopic (exact) mass is 371 g/mol. The molecule has 0 radical (unpaired) electrons. The van der Waals surface area contributed by atoms with Crippen LogP contribution in [0.5, 0.6) is 5.75 Å². The Labute approximate surface area is 164 Å². The molecular weight excluding hydrogens is 358 g/mol. The Morgan fingerprint density at radius 2 is 2.04 bits per heavy atom. The quantitative estimate of drug-likeness (QED) is 0.749. The summed E-state index contributed by atoms with van der Waals surface area (Å²) in [4.78, 5) is 10.9. The number of fused-ring (bicyclic) bond motifs is 1. The molecule has 0 amide bonds. The summed E-state index contributed by atoms with van der Waals surface area (Å²) in [5.74, 6) is -1.72. The van der Waals surface area contributed by atoms with Crippen molar-refractivity contribution < 1.29 is 57.4 Å². The SMILES string of the molecule is CC(C)CNc1cc2c(cc1Cl)C=C(C(=O)[O-])C(C(F)(F)F)O2.[Na+]. The van der Waals surface area contributed by atoms with E-state index in [-0.39, 0.29) is 45.9 Å². The molecule has 9 heteroatoms. The third-order valence-electron chi connectivity index (χ3n) is 3.17. The summed E-state index contributed by atoms with van der Waals surface area (Å²) < 4.78 is 43.8. The molecule has 2 rings (SSSR count). The van der Waals surface area contributed by atoms with Crippen molar-refractivity contribution in [3.05, 3.63) is 28.3 Å². The molecule has 1 aromatic rings. The van der Waals surface area contributed by atoms with Crippen LogP contribution in [0.4, 0.5) is 18.9 Å². The van der Waals surface area contributed by atoms with Crippen LogP contribution in [0.15, 0.2) is 17.7 Å². The van der Waals surface area contributed by atoms with Gasteiger partial charge in [0, 0.05) is 23.7 Å². The molecule has 126 valence electrons.